The van der Waals surface area contributed by atoms with Gasteiger partial charge in [-0.25, -0.2) is 8.78 Å². The van der Waals surface area contributed by atoms with E-state index in [4.69, 9.17) is 14.7 Å². The summed E-state index contributed by atoms with van der Waals surface area (Å²) in [6.07, 6.45) is -0.183. The molecule has 1 saturated heterocycles. The van der Waals surface area contributed by atoms with Crippen molar-refractivity contribution in [3.63, 3.8) is 0 Å². The highest BCUT2D eigenvalue weighted by atomic mass is 19.2. The Bertz CT molecular complexity index is 468. The number of hydrogen-bond acceptors (Lipinski definition) is 4. The van der Waals surface area contributed by atoms with E-state index in [-0.39, 0.29) is 17.4 Å². The Kier molecular flexibility index (Phi) is 4.07. The first-order chi connectivity index (χ1) is 8.72. The lowest BCUT2D eigenvalue weighted by Gasteiger charge is -2.23. The maximum absolute atomic E-state index is 13.5. The van der Waals surface area contributed by atoms with Crippen molar-refractivity contribution >= 4 is 5.69 Å². The topological polar surface area (TPSA) is 54.3 Å². The number of anilines is 1. The summed E-state index contributed by atoms with van der Waals surface area (Å²) >= 11 is 0. The summed E-state index contributed by atoms with van der Waals surface area (Å²) in [6.45, 7) is 1.79. The molecule has 1 N–H and O–H groups in total. The molecule has 96 valence electrons. The predicted octanol–water partition coefficient (Wildman–Crippen LogP) is 1.66. The average molecular weight is 254 g/mol. The normalized spacial score (nSPS) is 19.3. The maximum atomic E-state index is 13.5. The summed E-state index contributed by atoms with van der Waals surface area (Å²) in [6, 6.07) is 4.15. The van der Waals surface area contributed by atoms with Crippen LogP contribution in [-0.2, 0) is 9.47 Å². The van der Waals surface area contributed by atoms with Crippen LogP contribution in [0.2, 0.25) is 0 Å². The molecule has 1 aliphatic rings. The van der Waals surface area contributed by atoms with Crippen LogP contribution in [0.4, 0.5) is 14.5 Å². The highest BCUT2D eigenvalue weighted by molar-refractivity contribution is 5.49. The molecule has 0 amide bonds. The number of ether oxygens (including phenoxy) is 2. The van der Waals surface area contributed by atoms with Crippen molar-refractivity contribution in [1.82, 2.24) is 0 Å². The van der Waals surface area contributed by atoms with Crippen molar-refractivity contribution < 1.29 is 18.3 Å². The molecule has 18 heavy (non-hydrogen) atoms. The predicted molar refractivity (Wildman–Crippen MR) is 60.1 cm³/mol. The molecule has 1 aromatic carbocycles. The van der Waals surface area contributed by atoms with Gasteiger partial charge >= 0.3 is 0 Å². The van der Waals surface area contributed by atoms with Gasteiger partial charge in [-0.05, 0) is 12.1 Å². The van der Waals surface area contributed by atoms with Crippen LogP contribution in [0.15, 0.2) is 12.1 Å². The molecule has 1 unspecified atom stereocenters. The first-order valence-electron chi connectivity index (χ1n) is 5.53. The van der Waals surface area contributed by atoms with E-state index in [1.54, 1.807) is 6.07 Å². The third kappa shape index (κ3) is 2.75. The van der Waals surface area contributed by atoms with Crippen molar-refractivity contribution in [3.8, 4) is 6.07 Å². The third-order valence-corrected chi connectivity index (χ3v) is 2.61. The van der Waals surface area contributed by atoms with Gasteiger partial charge in [0.05, 0.1) is 37.2 Å². The van der Waals surface area contributed by atoms with Gasteiger partial charge in [-0.15, -0.1) is 0 Å². The molecule has 1 heterocycles. The Hall–Kier alpha value is -1.71. The number of nitrogens with zero attached hydrogens (tertiary/aromatic N) is 1. The molecule has 4 nitrogen and oxygen atoms in total. The summed E-state index contributed by atoms with van der Waals surface area (Å²) in [7, 11) is 0. The van der Waals surface area contributed by atoms with Crippen molar-refractivity contribution in [2.75, 3.05) is 31.7 Å². The van der Waals surface area contributed by atoms with Gasteiger partial charge in [0.15, 0.2) is 11.6 Å². The molecular formula is C12H12F2N2O2. The Balaban J connectivity index is 2.01. The second-order valence-electron chi connectivity index (χ2n) is 3.85. The Labute approximate surface area is 103 Å². The molecule has 1 atom stereocenters. The van der Waals surface area contributed by atoms with E-state index in [1.165, 1.54) is 12.1 Å². The molecule has 0 spiro atoms. The van der Waals surface area contributed by atoms with Crippen molar-refractivity contribution in [2.45, 2.75) is 6.10 Å². The largest absolute Gasteiger partial charge is 0.380 e. The smallest absolute Gasteiger partial charge is 0.183 e. The Morgan fingerprint density at radius 1 is 1.33 bits per heavy atom. The number of nitrogens with one attached hydrogen (secondary N) is 1. The molecule has 0 saturated carbocycles. The zero-order chi connectivity index (χ0) is 13.0. The zero-order valence-electron chi connectivity index (χ0n) is 9.58. The van der Waals surface area contributed by atoms with Gasteiger partial charge in [0.1, 0.15) is 6.07 Å². The second-order valence-corrected chi connectivity index (χ2v) is 3.85. The molecular weight excluding hydrogens is 242 g/mol. The van der Waals surface area contributed by atoms with Gasteiger partial charge < -0.3 is 14.8 Å². The van der Waals surface area contributed by atoms with E-state index in [0.29, 0.717) is 26.4 Å². The van der Waals surface area contributed by atoms with E-state index >= 15 is 0 Å². The molecule has 0 radical (unpaired) electrons. The van der Waals surface area contributed by atoms with Gasteiger partial charge in [-0.1, -0.05) is 0 Å². The van der Waals surface area contributed by atoms with Crippen LogP contribution in [-0.4, -0.2) is 32.5 Å². The van der Waals surface area contributed by atoms with E-state index < -0.39 is 11.6 Å². The Morgan fingerprint density at radius 3 is 2.83 bits per heavy atom. The zero-order valence-corrected chi connectivity index (χ0v) is 9.58. The van der Waals surface area contributed by atoms with Crippen LogP contribution in [0.25, 0.3) is 0 Å². The monoisotopic (exact) mass is 254 g/mol. The van der Waals surface area contributed by atoms with Crippen LogP contribution in [0.3, 0.4) is 0 Å². The molecule has 1 aromatic rings. The molecule has 1 aliphatic heterocycles. The second kappa shape index (κ2) is 5.76. The molecule has 1 fully saturated rings. The number of benzene rings is 1. The summed E-state index contributed by atoms with van der Waals surface area (Å²) in [5, 5.41) is 11.3. The summed E-state index contributed by atoms with van der Waals surface area (Å²) < 4.78 is 37.4. The molecule has 0 aromatic heterocycles. The first-order valence-corrected chi connectivity index (χ1v) is 5.53. The van der Waals surface area contributed by atoms with Gasteiger partial charge in [0.25, 0.3) is 0 Å². The fourth-order valence-electron chi connectivity index (χ4n) is 1.65. The molecule has 0 bridgehead atoms. The number of rotatable bonds is 3. The van der Waals surface area contributed by atoms with Gasteiger partial charge in [-0.3, -0.25) is 0 Å². The van der Waals surface area contributed by atoms with Crippen molar-refractivity contribution in [2.24, 2.45) is 0 Å². The van der Waals surface area contributed by atoms with Crippen molar-refractivity contribution in [1.29, 1.82) is 5.26 Å². The van der Waals surface area contributed by atoms with Gasteiger partial charge in [-0.2, -0.15) is 5.26 Å². The summed E-state index contributed by atoms with van der Waals surface area (Å²) in [5.41, 5.74) is -0.295. The standard InChI is InChI=1S/C12H12F2N2O2/c13-11-8(5-15)1-2-10(12(11)14)16-6-9-7-17-3-4-18-9/h1-2,9,16H,3-4,6-7H2. The van der Waals surface area contributed by atoms with E-state index in [9.17, 15) is 8.78 Å². The minimum absolute atomic E-state index is 0.0145. The van der Waals surface area contributed by atoms with E-state index in [0.717, 1.165) is 0 Å². The van der Waals surface area contributed by atoms with Crippen LogP contribution in [0.1, 0.15) is 5.56 Å². The van der Waals surface area contributed by atoms with Crippen LogP contribution in [0, 0.1) is 23.0 Å². The lowest BCUT2D eigenvalue weighted by atomic mass is 10.2. The SMILES string of the molecule is N#Cc1ccc(NCC2COCCO2)c(F)c1F. The third-order valence-electron chi connectivity index (χ3n) is 2.61. The number of halogens is 2. The van der Waals surface area contributed by atoms with E-state index in [2.05, 4.69) is 5.32 Å². The highest BCUT2D eigenvalue weighted by Gasteiger charge is 2.17. The summed E-state index contributed by atoms with van der Waals surface area (Å²) in [4.78, 5) is 0. The van der Waals surface area contributed by atoms with Gasteiger partial charge in [0, 0.05) is 6.54 Å². The van der Waals surface area contributed by atoms with Crippen LogP contribution < -0.4 is 5.32 Å². The highest BCUT2D eigenvalue weighted by Crippen LogP contribution is 2.20. The minimum Gasteiger partial charge on any atom is -0.380 e. The fraction of sp³-hybridized carbons (Fsp3) is 0.417. The summed E-state index contributed by atoms with van der Waals surface area (Å²) in [5.74, 6) is -2.19. The number of nitriles is 1. The van der Waals surface area contributed by atoms with Crippen molar-refractivity contribution in [3.05, 3.63) is 29.3 Å². The molecule has 0 aliphatic carbocycles. The quantitative estimate of drug-likeness (QED) is 0.891. The van der Waals surface area contributed by atoms with Gasteiger partial charge in [0.2, 0.25) is 0 Å². The van der Waals surface area contributed by atoms with E-state index in [1.807, 2.05) is 0 Å². The average Bonchev–Trinajstić information content (AvgIpc) is 2.42. The maximum Gasteiger partial charge on any atom is 0.183 e. The molecule has 2 rings (SSSR count). The number of hydrogen-bond donors (Lipinski definition) is 1. The first kappa shape index (κ1) is 12.7. The lowest BCUT2D eigenvalue weighted by Crippen LogP contribution is -2.34. The molecule has 6 heteroatoms. The Morgan fingerprint density at radius 2 is 2.17 bits per heavy atom. The minimum atomic E-state index is -1.14. The van der Waals surface area contributed by atoms with Crippen LogP contribution in [0.5, 0.6) is 0 Å². The lowest BCUT2D eigenvalue weighted by molar-refractivity contribution is -0.0819. The fourth-order valence-corrected chi connectivity index (χ4v) is 1.65. The van der Waals surface area contributed by atoms with Crippen LogP contribution >= 0.6 is 0 Å².